The van der Waals surface area contributed by atoms with Gasteiger partial charge in [0.2, 0.25) is 0 Å². The van der Waals surface area contributed by atoms with Crippen LogP contribution in [0.25, 0.3) is 0 Å². The maximum atomic E-state index is 13.1. The lowest BCUT2D eigenvalue weighted by atomic mass is 9.98. The second-order valence-electron chi connectivity index (χ2n) is 7.25. The number of oxime groups is 2. The van der Waals surface area contributed by atoms with Crippen LogP contribution in [0.3, 0.4) is 0 Å². The molecule has 0 bridgehead atoms. The molecule has 1 saturated carbocycles. The number of aryl methyl sites for hydroxylation is 1. The van der Waals surface area contributed by atoms with E-state index in [2.05, 4.69) is 20.6 Å². The fourth-order valence-corrected chi connectivity index (χ4v) is 3.14. The normalized spacial score (nSPS) is 14.8. The number of likely N-dealkylation sites (N-methyl/N-ethyl adjacent to an activating group) is 1. The summed E-state index contributed by atoms with van der Waals surface area (Å²) < 4.78 is 39.3. The van der Waals surface area contributed by atoms with E-state index in [4.69, 9.17) is 9.68 Å². The number of nitrogens with one attached hydrogen (secondary N) is 1. The first kappa shape index (κ1) is 23.2. The molecule has 1 heterocycles. The van der Waals surface area contributed by atoms with Gasteiger partial charge in [-0.3, -0.25) is 9.78 Å². The van der Waals surface area contributed by atoms with Gasteiger partial charge < -0.3 is 15.0 Å². The Balaban J connectivity index is 1.89. The van der Waals surface area contributed by atoms with Gasteiger partial charge in [0.25, 0.3) is 5.91 Å². The van der Waals surface area contributed by atoms with Crippen molar-refractivity contribution in [3.8, 4) is 0 Å². The number of amides is 1. The second-order valence-corrected chi connectivity index (χ2v) is 7.25. The summed E-state index contributed by atoms with van der Waals surface area (Å²) in [7, 11) is 2.82. The highest BCUT2D eigenvalue weighted by Gasteiger charge is 2.34. The Labute approximate surface area is 183 Å². The zero-order chi connectivity index (χ0) is 23.3. The number of hydrogen-bond acceptors (Lipinski definition) is 6. The van der Waals surface area contributed by atoms with E-state index >= 15 is 0 Å². The van der Waals surface area contributed by atoms with Crippen LogP contribution < -0.4 is 5.32 Å². The number of alkyl halides is 3. The predicted octanol–water partition coefficient (Wildman–Crippen LogP) is 3.84. The minimum Gasteiger partial charge on any atom is -0.398 e. The molecule has 10 heteroatoms. The minimum atomic E-state index is -4.47. The summed E-state index contributed by atoms with van der Waals surface area (Å²) in [6, 6.07) is 7.22. The summed E-state index contributed by atoms with van der Waals surface area (Å²) in [5.41, 5.74) is 1.79. The van der Waals surface area contributed by atoms with E-state index < -0.39 is 17.6 Å². The van der Waals surface area contributed by atoms with Crippen molar-refractivity contribution in [1.82, 2.24) is 10.3 Å². The quantitative estimate of drug-likeness (QED) is 0.491. The summed E-state index contributed by atoms with van der Waals surface area (Å²) in [4.78, 5) is 26.7. The van der Waals surface area contributed by atoms with E-state index in [9.17, 15) is 18.0 Å². The van der Waals surface area contributed by atoms with Crippen LogP contribution in [0.15, 0.2) is 46.8 Å². The lowest BCUT2D eigenvalue weighted by Gasteiger charge is -2.13. The maximum Gasteiger partial charge on any atom is 0.416 e. The number of hydrogen-bond donors (Lipinski definition) is 1. The Hall–Kier alpha value is -3.43. The topological polar surface area (TPSA) is 85.2 Å². The highest BCUT2D eigenvalue weighted by molar-refractivity contribution is 6.45. The van der Waals surface area contributed by atoms with Gasteiger partial charge in [-0.15, -0.1) is 0 Å². The van der Waals surface area contributed by atoms with Crippen molar-refractivity contribution in [2.24, 2.45) is 16.2 Å². The molecule has 1 amide bonds. The first-order valence-electron chi connectivity index (χ1n) is 9.91. The molecule has 1 aliphatic carbocycles. The molecule has 0 aliphatic heterocycles. The molecule has 170 valence electrons. The van der Waals surface area contributed by atoms with E-state index in [-0.39, 0.29) is 23.9 Å². The Morgan fingerprint density at radius 3 is 2.62 bits per heavy atom. The average Bonchev–Trinajstić information content (AvgIpc) is 3.60. The van der Waals surface area contributed by atoms with Gasteiger partial charge in [0.15, 0.2) is 5.71 Å². The Morgan fingerprint density at radius 2 is 2.00 bits per heavy atom. The van der Waals surface area contributed by atoms with E-state index in [1.807, 2.05) is 13.0 Å². The molecule has 3 rings (SSSR count). The molecule has 2 aromatic rings. The van der Waals surface area contributed by atoms with E-state index in [1.165, 1.54) is 14.2 Å². The molecule has 0 spiro atoms. The Bertz CT molecular complexity index is 1050. The van der Waals surface area contributed by atoms with Gasteiger partial charge in [-0.2, -0.15) is 13.2 Å². The third kappa shape index (κ3) is 5.43. The van der Waals surface area contributed by atoms with Gasteiger partial charge in [-0.05, 0) is 37.5 Å². The summed E-state index contributed by atoms with van der Waals surface area (Å²) in [6.45, 7) is 1.83. The van der Waals surface area contributed by atoms with E-state index in [0.717, 1.165) is 36.7 Å². The Morgan fingerprint density at radius 1 is 1.25 bits per heavy atom. The van der Waals surface area contributed by atoms with Gasteiger partial charge in [-0.25, -0.2) is 0 Å². The molecule has 1 aromatic carbocycles. The van der Waals surface area contributed by atoms with Crippen molar-refractivity contribution in [1.29, 1.82) is 0 Å². The molecule has 0 saturated heterocycles. The average molecular weight is 448 g/mol. The number of aromatic nitrogens is 1. The first-order valence-corrected chi connectivity index (χ1v) is 9.91. The number of halogens is 3. The highest BCUT2D eigenvalue weighted by Crippen LogP contribution is 2.35. The number of nitrogens with zero attached hydrogens (tertiary/aromatic N) is 3. The van der Waals surface area contributed by atoms with Gasteiger partial charge in [-0.1, -0.05) is 28.5 Å². The van der Waals surface area contributed by atoms with Crippen LogP contribution in [-0.4, -0.2) is 36.5 Å². The monoisotopic (exact) mass is 448 g/mol. The van der Waals surface area contributed by atoms with Crippen LogP contribution in [0.5, 0.6) is 0 Å². The fourth-order valence-electron chi connectivity index (χ4n) is 3.14. The SMILES string of the molecule is CNC(=O)/C(=N/OC)c1cccc(C)c1CO/N=C(/c1cc(C(F)(F)F)ccn1)C1CC1. The molecule has 1 N–H and O–H groups in total. The van der Waals surface area contributed by atoms with Crippen molar-refractivity contribution in [3.05, 3.63) is 64.5 Å². The first-order chi connectivity index (χ1) is 15.3. The third-order valence-corrected chi connectivity index (χ3v) is 4.98. The molecule has 7 nitrogen and oxygen atoms in total. The van der Waals surface area contributed by atoms with Gasteiger partial charge >= 0.3 is 6.18 Å². The van der Waals surface area contributed by atoms with Crippen LogP contribution in [0.4, 0.5) is 13.2 Å². The fraction of sp³-hybridized carbons (Fsp3) is 0.364. The molecular weight excluding hydrogens is 425 g/mol. The van der Waals surface area contributed by atoms with Crippen molar-refractivity contribution in [2.75, 3.05) is 14.2 Å². The molecule has 0 radical (unpaired) electrons. The zero-order valence-electron chi connectivity index (χ0n) is 17.9. The summed E-state index contributed by atoms with van der Waals surface area (Å²) in [6.07, 6.45) is -1.75. The molecule has 0 unspecified atom stereocenters. The Kier molecular flexibility index (Phi) is 7.12. The number of benzene rings is 1. The van der Waals surface area contributed by atoms with Crippen LogP contribution in [-0.2, 0) is 27.3 Å². The highest BCUT2D eigenvalue weighted by atomic mass is 19.4. The molecule has 1 fully saturated rings. The van der Waals surface area contributed by atoms with E-state index in [1.54, 1.807) is 12.1 Å². The zero-order valence-corrected chi connectivity index (χ0v) is 17.9. The smallest absolute Gasteiger partial charge is 0.398 e. The standard InChI is InChI=1S/C22H23F3N4O3/c1-13-5-4-6-16(20(28-31-3)21(30)26-2)17(13)12-32-29-19(14-7-8-14)18-11-15(9-10-27-18)22(23,24)25/h4-6,9-11,14H,7-8,12H2,1-3H3,(H,26,30)/b28-20+,29-19+. The van der Waals surface area contributed by atoms with Gasteiger partial charge in [0.1, 0.15) is 19.4 Å². The van der Waals surface area contributed by atoms with Crippen molar-refractivity contribution in [2.45, 2.75) is 32.5 Å². The maximum absolute atomic E-state index is 13.1. The lowest BCUT2D eigenvalue weighted by Crippen LogP contribution is -2.29. The number of carbonyl (C=O) groups excluding carboxylic acids is 1. The van der Waals surface area contributed by atoms with Crippen LogP contribution in [0.1, 0.15) is 40.8 Å². The van der Waals surface area contributed by atoms with Crippen molar-refractivity contribution >= 4 is 17.3 Å². The molecule has 0 atom stereocenters. The third-order valence-electron chi connectivity index (χ3n) is 4.98. The summed E-state index contributed by atoms with van der Waals surface area (Å²) in [5, 5.41) is 10.5. The van der Waals surface area contributed by atoms with Crippen LogP contribution in [0, 0.1) is 12.8 Å². The van der Waals surface area contributed by atoms with Crippen LogP contribution in [0.2, 0.25) is 0 Å². The van der Waals surface area contributed by atoms with Gasteiger partial charge in [0, 0.05) is 30.3 Å². The molecule has 1 aromatic heterocycles. The molecular formula is C22H23F3N4O3. The van der Waals surface area contributed by atoms with Crippen LogP contribution >= 0.6 is 0 Å². The summed E-state index contributed by atoms with van der Waals surface area (Å²) >= 11 is 0. The minimum absolute atomic E-state index is 0.00110. The number of carbonyl (C=O) groups is 1. The van der Waals surface area contributed by atoms with Crippen molar-refractivity contribution in [3.63, 3.8) is 0 Å². The lowest BCUT2D eigenvalue weighted by molar-refractivity contribution is -0.137. The predicted molar refractivity (Wildman–Crippen MR) is 112 cm³/mol. The number of pyridine rings is 1. The molecule has 1 aliphatic rings. The largest absolute Gasteiger partial charge is 0.416 e. The van der Waals surface area contributed by atoms with Crippen molar-refractivity contribution < 1.29 is 27.6 Å². The summed E-state index contributed by atoms with van der Waals surface area (Å²) in [5.74, 6) is -0.437. The second kappa shape index (κ2) is 9.80. The van der Waals surface area contributed by atoms with Gasteiger partial charge in [0.05, 0.1) is 11.3 Å². The van der Waals surface area contributed by atoms with E-state index in [0.29, 0.717) is 16.8 Å². The molecule has 32 heavy (non-hydrogen) atoms. The number of rotatable bonds is 8.